The Balaban J connectivity index is 1.46. The van der Waals surface area contributed by atoms with Crippen LogP contribution in [0.5, 0.6) is 0 Å². The van der Waals surface area contributed by atoms with Crippen LogP contribution < -0.4 is 10.2 Å². The number of hydrogen-bond donors (Lipinski definition) is 1. The summed E-state index contributed by atoms with van der Waals surface area (Å²) in [6.45, 7) is 3.06. The molecule has 1 aliphatic rings. The van der Waals surface area contributed by atoms with Gasteiger partial charge in [-0.05, 0) is 48.7 Å². The zero-order chi connectivity index (χ0) is 18.8. The minimum absolute atomic E-state index is 0.191. The molecular formula is C22H21FN2O2. The van der Waals surface area contributed by atoms with Crippen molar-refractivity contribution in [3.8, 4) is 0 Å². The number of benzene rings is 2. The topological polar surface area (TPSA) is 45.5 Å². The maximum Gasteiger partial charge on any atom is 0.255 e. The molecule has 3 aromatic rings. The van der Waals surface area contributed by atoms with Crippen LogP contribution in [0.1, 0.15) is 34.2 Å². The number of para-hydroxylation sites is 1. The molecule has 1 amide bonds. The van der Waals surface area contributed by atoms with Gasteiger partial charge in [-0.1, -0.05) is 30.3 Å². The number of amides is 1. The second kappa shape index (κ2) is 7.27. The van der Waals surface area contributed by atoms with Crippen molar-refractivity contribution in [2.45, 2.75) is 32.5 Å². The second-order valence-electron chi connectivity index (χ2n) is 6.88. The first kappa shape index (κ1) is 17.3. The summed E-state index contributed by atoms with van der Waals surface area (Å²) < 4.78 is 18.6. The van der Waals surface area contributed by atoms with E-state index in [0.717, 1.165) is 12.0 Å². The molecule has 2 heterocycles. The van der Waals surface area contributed by atoms with E-state index in [1.165, 1.54) is 23.4 Å². The molecule has 27 heavy (non-hydrogen) atoms. The van der Waals surface area contributed by atoms with Gasteiger partial charge < -0.3 is 14.6 Å². The Labute approximate surface area is 157 Å². The zero-order valence-corrected chi connectivity index (χ0v) is 15.1. The zero-order valence-electron chi connectivity index (χ0n) is 15.1. The van der Waals surface area contributed by atoms with Gasteiger partial charge in [0.05, 0.1) is 18.4 Å². The molecule has 138 valence electrons. The minimum atomic E-state index is -0.290. The smallest absolute Gasteiger partial charge is 0.255 e. The lowest BCUT2D eigenvalue weighted by Gasteiger charge is -2.24. The first-order valence-electron chi connectivity index (χ1n) is 9.05. The van der Waals surface area contributed by atoms with Crippen molar-refractivity contribution in [2.75, 3.05) is 4.90 Å². The van der Waals surface area contributed by atoms with E-state index in [4.69, 9.17) is 4.42 Å². The maximum absolute atomic E-state index is 13.0. The van der Waals surface area contributed by atoms with Crippen molar-refractivity contribution in [2.24, 2.45) is 0 Å². The highest BCUT2D eigenvalue weighted by molar-refractivity contribution is 5.95. The van der Waals surface area contributed by atoms with Crippen LogP contribution in [-0.2, 0) is 19.5 Å². The Hall–Kier alpha value is -3.08. The fourth-order valence-electron chi connectivity index (χ4n) is 3.57. The van der Waals surface area contributed by atoms with E-state index in [1.54, 1.807) is 24.5 Å². The van der Waals surface area contributed by atoms with E-state index in [0.29, 0.717) is 30.5 Å². The predicted molar refractivity (Wildman–Crippen MR) is 102 cm³/mol. The summed E-state index contributed by atoms with van der Waals surface area (Å²) in [5, 5.41) is 2.88. The molecular weight excluding hydrogens is 343 g/mol. The molecule has 0 fully saturated rings. The molecule has 0 spiro atoms. The molecule has 0 radical (unpaired) electrons. The van der Waals surface area contributed by atoms with Gasteiger partial charge in [-0.25, -0.2) is 4.39 Å². The number of anilines is 1. The van der Waals surface area contributed by atoms with E-state index in [-0.39, 0.29) is 11.7 Å². The van der Waals surface area contributed by atoms with Crippen LogP contribution in [0.4, 0.5) is 10.1 Å². The summed E-state index contributed by atoms with van der Waals surface area (Å²) in [5.41, 5.74) is 3.89. The van der Waals surface area contributed by atoms with Crippen LogP contribution in [0.15, 0.2) is 65.3 Å². The molecule has 1 N–H and O–H groups in total. The van der Waals surface area contributed by atoms with Gasteiger partial charge in [0, 0.05) is 18.3 Å². The van der Waals surface area contributed by atoms with Crippen molar-refractivity contribution < 1.29 is 13.6 Å². The summed E-state index contributed by atoms with van der Waals surface area (Å²) in [4.78, 5) is 14.9. The van der Waals surface area contributed by atoms with Crippen LogP contribution in [0.3, 0.4) is 0 Å². The number of nitrogens with zero attached hydrogens (tertiary/aromatic N) is 1. The van der Waals surface area contributed by atoms with Crippen LogP contribution in [0.2, 0.25) is 0 Å². The number of fused-ring (bicyclic) bond motifs is 1. The molecule has 2 aromatic carbocycles. The largest absolute Gasteiger partial charge is 0.467 e. The van der Waals surface area contributed by atoms with Crippen molar-refractivity contribution in [1.82, 2.24) is 5.32 Å². The van der Waals surface area contributed by atoms with Crippen LogP contribution >= 0.6 is 0 Å². The van der Waals surface area contributed by atoms with Gasteiger partial charge in [-0.3, -0.25) is 4.79 Å². The van der Waals surface area contributed by atoms with Gasteiger partial charge in [-0.2, -0.15) is 0 Å². The Morgan fingerprint density at radius 2 is 1.96 bits per heavy atom. The quantitative estimate of drug-likeness (QED) is 0.734. The second-order valence-corrected chi connectivity index (χ2v) is 6.88. The van der Waals surface area contributed by atoms with Gasteiger partial charge in [0.1, 0.15) is 11.6 Å². The van der Waals surface area contributed by atoms with E-state index in [2.05, 4.69) is 35.3 Å². The normalized spacial score (nSPS) is 15.6. The highest BCUT2D eigenvalue weighted by atomic mass is 19.1. The fourth-order valence-corrected chi connectivity index (χ4v) is 3.57. The summed E-state index contributed by atoms with van der Waals surface area (Å²) in [7, 11) is 0. The highest BCUT2D eigenvalue weighted by Gasteiger charge is 2.27. The molecule has 4 nitrogen and oxygen atoms in total. The van der Waals surface area contributed by atoms with Crippen molar-refractivity contribution in [3.05, 3.63) is 89.1 Å². The molecule has 1 atom stereocenters. The maximum atomic E-state index is 13.0. The van der Waals surface area contributed by atoms with E-state index in [1.807, 2.05) is 6.07 Å². The van der Waals surface area contributed by atoms with Crippen LogP contribution in [0.25, 0.3) is 0 Å². The van der Waals surface area contributed by atoms with Crippen molar-refractivity contribution in [1.29, 1.82) is 0 Å². The first-order valence-corrected chi connectivity index (χ1v) is 9.05. The molecule has 0 bridgehead atoms. The van der Waals surface area contributed by atoms with Crippen molar-refractivity contribution in [3.63, 3.8) is 0 Å². The third-order valence-electron chi connectivity index (χ3n) is 5.02. The van der Waals surface area contributed by atoms with E-state index >= 15 is 0 Å². The van der Waals surface area contributed by atoms with Crippen LogP contribution in [0, 0.1) is 5.82 Å². The minimum Gasteiger partial charge on any atom is -0.467 e. The third-order valence-corrected chi connectivity index (χ3v) is 5.02. The molecule has 5 heteroatoms. The van der Waals surface area contributed by atoms with E-state index < -0.39 is 0 Å². The number of nitrogens with one attached hydrogen (secondary N) is 1. The SMILES string of the molecule is CC1Cc2ccccc2N1Cc1occc1C(=O)NCc1ccc(F)cc1. The number of furan rings is 1. The standard InChI is InChI=1S/C22H21FN2O2/c1-15-12-17-4-2-3-5-20(17)25(15)14-21-19(10-11-27-21)22(26)24-13-16-6-8-18(23)9-7-16/h2-11,15H,12-14H2,1H3,(H,24,26). The van der Waals surface area contributed by atoms with Gasteiger partial charge in [-0.15, -0.1) is 0 Å². The molecule has 1 aromatic heterocycles. The number of rotatable bonds is 5. The highest BCUT2D eigenvalue weighted by Crippen LogP contribution is 2.33. The lowest BCUT2D eigenvalue weighted by molar-refractivity contribution is 0.0949. The lowest BCUT2D eigenvalue weighted by Crippen LogP contribution is -2.30. The Morgan fingerprint density at radius 1 is 1.19 bits per heavy atom. The van der Waals surface area contributed by atoms with Gasteiger partial charge >= 0.3 is 0 Å². The Kier molecular flexibility index (Phi) is 4.67. The number of carbonyl (C=O) groups is 1. The molecule has 0 aliphatic carbocycles. The first-order chi connectivity index (χ1) is 13.1. The Bertz CT molecular complexity index is 949. The number of carbonyl (C=O) groups excluding carboxylic acids is 1. The third kappa shape index (κ3) is 3.58. The van der Waals surface area contributed by atoms with E-state index in [9.17, 15) is 9.18 Å². The summed E-state index contributed by atoms with van der Waals surface area (Å²) in [5.74, 6) is 0.167. The summed E-state index contributed by atoms with van der Waals surface area (Å²) in [6.07, 6.45) is 2.54. The molecule has 0 saturated heterocycles. The monoisotopic (exact) mass is 364 g/mol. The predicted octanol–water partition coefficient (Wildman–Crippen LogP) is 4.30. The average molecular weight is 364 g/mol. The van der Waals surface area contributed by atoms with Gasteiger partial charge in [0.2, 0.25) is 0 Å². The number of halogens is 1. The van der Waals surface area contributed by atoms with Gasteiger partial charge in [0.15, 0.2) is 0 Å². The molecule has 1 aliphatic heterocycles. The Morgan fingerprint density at radius 3 is 2.78 bits per heavy atom. The average Bonchev–Trinajstić information content (AvgIpc) is 3.26. The number of hydrogen-bond acceptors (Lipinski definition) is 3. The molecule has 0 saturated carbocycles. The molecule has 1 unspecified atom stereocenters. The lowest BCUT2D eigenvalue weighted by atomic mass is 10.1. The van der Waals surface area contributed by atoms with Crippen molar-refractivity contribution >= 4 is 11.6 Å². The fraction of sp³-hybridized carbons (Fsp3) is 0.227. The van der Waals surface area contributed by atoms with Crippen LogP contribution in [-0.4, -0.2) is 11.9 Å². The summed E-state index contributed by atoms with van der Waals surface area (Å²) in [6, 6.07) is 16.5. The van der Waals surface area contributed by atoms with Gasteiger partial charge in [0.25, 0.3) is 5.91 Å². The molecule has 4 rings (SSSR count). The summed E-state index contributed by atoms with van der Waals surface area (Å²) >= 11 is 0.